The van der Waals surface area contributed by atoms with E-state index in [2.05, 4.69) is 77.8 Å². The van der Waals surface area contributed by atoms with Gasteiger partial charge in [0.05, 0.1) is 12.7 Å². The second kappa shape index (κ2) is 15.5. The van der Waals surface area contributed by atoms with Gasteiger partial charge in [-0.2, -0.15) is 0 Å². The minimum absolute atomic E-state index is 0.104. The zero-order chi connectivity index (χ0) is 36.8. The van der Waals surface area contributed by atoms with Crippen molar-refractivity contribution < 1.29 is 14.2 Å². The van der Waals surface area contributed by atoms with Crippen molar-refractivity contribution in [2.45, 2.75) is 36.1 Å². The maximum absolute atomic E-state index is 13.2. The molecule has 0 saturated carbocycles. The van der Waals surface area contributed by atoms with Crippen molar-refractivity contribution in [2.24, 2.45) is 0 Å². The average molecular weight is 713 g/mol. The zero-order valence-corrected chi connectivity index (χ0v) is 29.6. The van der Waals surface area contributed by atoms with Crippen molar-refractivity contribution in [2.75, 3.05) is 6.61 Å². The van der Waals surface area contributed by atoms with Gasteiger partial charge in [0.2, 0.25) is 0 Å². The van der Waals surface area contributed by atoms with E-state index in [1.54, 1.807) is 0 Å². The van der Waals surface area contributed by atoms with E-state index in [-0.39, 0.29) is 6.61 Å². The second-order valence-electron chi connectivity index (χ2n) is 13.4. The quantitative estimate of drug-likeness (QED) is 0.129. The molecule has 1 aromatic heterocycles. The van der Waals surface area contributed by atoms with E-state index in [1.807, 2.05) is 109 Å². The third kappa shape index (κ3) is 6.65. The normalized spacial score (nSPS) is 17.3. The standard InChI is InChI=1S/C47H40N2O5/c50-43-31-32-49(45(51)48-43)44-33-41(54-47(38-25-13-4-14-26-38,39-27-15-5-16-28-39)40-29-17-6-18-30-40)42(53-44)34-52-46(35-19-7-1-8-20-35,36-21-9-2-10-22-36)37-23-11-3-12-24-37/h1-32,41-42,44H,33-34H2,(H,48,50,51)/t41-,42+,44+/m0/s1. The number of H-pyrrole nitrogens is 1. The summed E-state index contributed by atoms with van der Waals surface area (Å²) in [5.74, 6) is 0. The molecule has 3 atom stereocenters. The molecule has 7 nitrogen and oxygen atoms in total. The van der Waals surface area contributed by atoms with Gasteiger partial charge in [-0.3, -0.25) is 14.3 Å². The molecular formula is C47H40N2O5. The molecule has 6 aromatic carbocycles. The highest BCUT2D eigenvalue weighted by Crippen LogP contribution is 2.46. The van der Waals surface area contributed by atoms with E-state index < -0.39 is 40.9 Å². The summed E-state index contributed by atoms with van der Waals surface area (Å²) >= 11 is 0. The van der Waals surface area contributed by atoms with Crippen molar-refractivity contribution in [3.63, 3.8) is 0 Å². The minimum Gasteiger partial charge on any atom is -0.358 e. The van der Waals surface area contributed by atoms with Gasteiger partial charge in [0.25, 0.3) is 5.56 Å². The smallest absolute Gasteiger partial charge is 0.330 e. The molecule has 0 bridgehead atoms. The number of ether oxygens (including phenoxy) is 3. The Labute approximate surface area is 314 Å². The van der Waals surface area contributed by atoms with E-state index in [0.717, 1.165) is 33.4 Å². The van der Waals surface area contributed by atoms with Crippen LogP contribution in [0.15, 0.2) is 204 Å². The van der Waals surface area contributed by atoms with Crippen LogP contribution in [0.1, 0.15) is 46.0 Å². The first kappa shape index (κ1) is 34.9. The van der Waals surface area contributed by atoms with Gasteiger partial charge in [-0.15, -0.1) is 0 Å². The largest absolute Gasteiger partial charge is 0.358 e. The predicted octanol–water partition coefficient (Wildman–Crippen LogP) is 8.21. The summed E-state index contributed by atoms with van der Waals surface area (Å²) in [6.07, 6.45) is -0.196. The van der Waals surface area contributed by atoms with Crippen LogP contribution in [0.25, 0.3) is 0 Å². The molecule has 1 fully saturated rings. The van der Waals surface area contributed by atoms with Crippen LogP contribution < -0.4 is 11.2 Å². The summed E-state index contributed by atoms with van der Waals surface area (Å²) in [6.45, 7) is 0.104. The average Bonchev–Trinajstić information content (AvgIpc) is 3.64. The number of aromatic amines is 1. The van der Waals surface area contributed by atoms with E-state index in [9.17, 15) is 9.59 Å². The van der Waals surface area contributed by atoms with Gasteiger partial charge in [0.1, 0.15) is 23.5 Å². The van der Waals surface area contributed by atoms with Crippen LogP contribution in [0.2, 0.25) is 0 Å². The highest BCUT2D eigenvalue weighted by Gasteiger charge is 2.48. The van der Waals surface area contributed by atoms with Crippen LogP contribution in [0.4, 0.5) is 0 Å². The molecule has 1 aliphatic rings. The fourth-order valence-corrected chi connectivity index (χ4v) is 7.72. The first-order valence-electron chi connectivity index (χ1n) is 18.2. The predicted molar refractivity (Wildman–Crippen MR) is 209 cm³/mol. The lowest BCUT2D eigenvalue weighted by molar-refractivity contribution is -0.126. The maximum atomic E-state index is 13.2. The molecule has 1 N–H and O–H groups in total. The van der Waals surface area contributed by atoms with Gasteiger partial charge in [-0.25, -0.2) is 4.79 Å². The van der Waals surface area contributed by atoms with E-state index in [0.29, 0.717) is 6.42 Å². The Morgan fingerprint density at radius 1 is 0.537 bits per heavy atom. The van der Waals surface area contributed by atoms with Crippen LogP contribution in [0.5, 0.6) is 0 Å². The lowest BCUT2D eigenvalue weighted by Crippen LogP contribution is -2.43. The minimum atomic E-state index is -1.06. The third-order valence-corrected chi connectivity index (χ3v) is 10.2. The first-order valence-corrected chi connectivity index (χ1v) is 18.2. The molecule has 54 heavy (non-hydrogen) atoms. The van der Waals surface area contributed by atoms with Gasteiger partial charge < -0.3 is 14.2 Å². The molecule has 0 aliphatic carbocycles. The highest BCUT2D eigenvalue weighted by molar-refractivity contribution is 5.49. The van der Waals surface area contributed by atoms with Crippen molar-refractivity contribution >= 4 is 0 Å². The van der Waals surface area contributed by atoms with Crippen molar-refractivity contribution in [3.8, 4) is 0 Å². The number of rotatable bonds is 12. The molecular weight excluding hydrogens is 673 g/mol. The van der Waals surface area contributed by atoms with Gasteiger partial charge in [-0.05, 0) is 33.4 Å². The summed E-state index contributed by atoms with van der Waals surface area (Å²) in [6, 6.07) is 62.5. The number of aromatic nitrogens is 2. The maximum Gasteiger partial charge on any atom is 0.330 e. The monoisotopic (exact) mass is 712 g/mol. The summed E-state index contributed by atoms with van der Waals surface area (Å²) in [7, 11) is 0. The molecule has 0 amide bonds. The summed E-state index contributed by atoms with van der Waals surface area (Å²) in [5, 5.41) is 0. The molecule has 7 aromatic rings. The van der Waals surface area contributed by atoms with Crippen LogP contribution in [-0.2, 0) is 25.4 Å². The van der Waals surface area contributed by atoms with Crippen molar-refractivity contribution in [1.29, 1.82) is 0 Å². The number of hydrogen-bond acceptors (Lipinski definition) is 5. The van der Waals surface area contributed by atoms with Gasteiger partial charge in [0, 0.05) is 18.7 Å². The Morgan fingerprint density at radius 2 is 0.907 bits per heavy atom. The van der Waals surface area contributed by atoms with Crippen LogP contribution in [0.3, 0.4) is 0 Å². The molecule has 8 rings (SSSR count). The second-order valence-corrected chi connectivity index (χ2v) is 13.4. The summed E-state index contributed by atoms with van der Waals surface area (Å²) in [5.41, 5.74) is 2.60. The third-order valence-electron chi connectivity index (χ3n) is 10.2. The number of benzene rings is 6. The number of nitrogens with zero attached hydrogens (tertiary/aromatic N) is 1. The molecule has 1 aliphatic heterocycles. The van der Waals surface area contributed by atoms with Crippen molar-refractivity contribution in [3.05, 3.63) is 248 Å². The van der Waals surface area contributed by atoms with Gasteiger partial charge in [0.15, 0.2) is 0 Å². The molecule has 1 saturated heterocycles. The van der Waals surface area contributed by atoms with Crippen LogP contribution >= 0.6 is 0 Å². The fourth-order valence-electron chi connectivity index (χ4n) is 7.72. The summed E-state index contributed by atoms with van der Waals surface area (Å²) < 4.78 is 23.1. The Balaban J connectivity index is 1.27. The van der Waals surface area contributed by atoms with Gasteiger partial charge >= 0.3 is 5.69 Å². The lowest BCUT2D eigenvalue weighted by atomic mass is 9.79. The number of nitrogens with one attached hydrogen (secondary N) is 1. The zero-order valence-electron chi connectivity index (χ0n) is 29.6. The van der Waals surface area contributed by atoms with Gasteiger partial charge in [-0.1, -0.05) is 182 Å². The Morgan fingerprint density at radius 3 is 1.28 bits per heavy atom. The summed E-state index contributed by atoms with van der Waals surface area (Å²) in [4.78, 5) is 27.7. The van der Waals surface area contributed by atoms with Crippen LogP contribution in [-0.4, -0.2) is 28.4 Å². The first-order chi connectivity index (χ1) is 26.6. The van der Waals surface area contributed by atoms with E-state index >= 15 is 0 Å². The topological polar surface area (TPSA) is 82.5 Å². The molecule has 0 radical (unpaired) electrons. The molecule has 0 unspecified atom stereocenters. The molecule has 268 valence electrons. The molecule has 2 heterocycles. The van der Waals surface area contributed by atoms with Crippen LogP contribution in [0, 0.1) is 0 Å². The molecule has 7 heteroatoms. The lowest BCUT2D eigenvalue weighted by Gasteiger charge is -2.40. The van der Waals surface area contributed by atoms with E-state index in [4.69, 9.17) is 14.2 Å². The Bertz CT molecular complexity index is 2180. The Hall–Kier alpha value is -6.12. The molecule has 0 spiro atoms. The van der Waals surface area contributed by atoms with Crippen molar-refractivity contribution in [1.82, 2.24) is 9.55 Å². The number of hydrogen-bond donors (Lipinski definition) is 1. The highest BCUT2D eigenvalue weighted by atomic mass is 16.6. The fraction of sp³-hybridized carbons (Fsp3) is 0.149. The van der Waals surface area contributed by atoms with E-state index in [1.165, 1.54) is 16.8 Å². The SMILES string of the molecule is O=c1ccn([C@H]2C[C@H](OC(c3ccccc3)(c3ccccc3)c3ccccc3)[C@@H](COC(c3ccccc3)(c3ccccc3)c3ccccc3)O2)c(=O)[nH]1. The Kier molecular flexibility index (Phi) is 10.0.